The van der Waals surface area contributed by atoms with Crippen LogP contribution in [0.5, 0.6) is 0 Å². The topological polar surface area (TPSA) is 72.2 Å². The maximum Gasteiger partial charge on any atom is 0.329 e. The van der Waals surface area contributed by atoms with Crippen LogP contribution in [-0.4, -0.2) is 28.0 Å². The minimum atomic E-state index is -0.496. The summed E-state index contributed by atoms with van der Waals surface area (Å²) in [6.07, 6.45) is 2.05. The Morgan fingerprint density at radius 3 is 2.61 bits per heavy atom. The monoisotopic (exact) mass is 272 g/mol. The molecular formula is C11H17ClN4O2. The van der Waals surface area contributed by atoms with Crippen molar-refractivity contribution in [2.75, 3.05) is 11.9 Å². The van der Waals surface area contributed by atoms with E-state index in [4.69, 9.17) is 11.6 Å². The van der Waals surface area contributed by atoms with Crippen LogP contribution in [0.4, 0.5) is 11.5 Å². The summed E-state index contributed by atoms with van der Waals surface area (Å²) in [6.45, 7) is 6.21. The molecule has 0 aliphatic heterocycles. The summed E-state index contributed by atoms with van der Waals surface area (Å²) in [5.41, 5.74) is -0.127. The zero-order valence-electron chi connectivity index (χ0n) is 10.9. The van der Waals surface area contributed by atoms with Crippen molar-refractivity contribution in [2.45, 2.75) is 33.2 Å². The zero-order valence-corrected chi connectivity index (χ0v) is 11.7. The van der Waals surface area contributed by atoms with Crippen LogP contribution in [0.1, 0.15) is 27.2 Å². The van der Waals surface area contributed by atoms with Gasteiger partial charge in [0, 0.05) is 13.1 Å². The van der Waals surface area contributed by atoms with Crippen molar-refractivity contribution in [3.63, 3.8) is 0 Å². The lowest BCUT2D eigenvalue weighted by Gasteiger charge is -2.26. The molecule has 0 spiro atoms. The van der Waals surface area contributed by atoms with Gasteiger partial charge in [-0.25, -0.2) is 4.98 Å². The molecule has 1 aromatic rings. The average Bonchev–Trinajstić information content (AvgIpc) is 2.26. The van der Waals surface area contributed by atoms with E-state index >= 15 is 0 Å². The van der Waals surface area contributed by atoms with Gasteiger partial charge >= 0.3 is 5.69 Å². The fourth-order valence-electron chi connectivity index (χ4n) is 1.78. The second-order valence-electron chi connectivity index (χ2n) is 4.69. The molecule has 0 radical (unpaired) electrons. The first-order valence-electron chi connectivity index (χ1n) is 5.72. The second kappa shape index (κ2) is 5.95. The first-order valence-corrected chi connectivity index (χ1v) is 6.10. The Hall–Kier alpha value is -1.43. The van der Waals surface area contributed by atoms with Gasteiger partial charge in [-0.1, -0.05) is 13.8 Å². The number of anilines is 1. The molecule has 0 saturated carbocycles. The van der Waals surface area contributed by atoms with Crippen molar-refractivity contribution >= 4 is 23.1 Å². The number of hydrogen-bond donors (Lipinski definition) is 0. The average molecular weight is 273 g/mol. The molecule has 1 atom stereocenters. The Morgan fingerprint density at radius 1 is 1.50 bits per heavy atom. The first kappa shape index (κ1) is 14.6. The fourth-order valence-corrected chi connectivity index (χ4v) is 1.91. The van der Waals surface area contributed by atoms with Gasteiger partial charge in [0.1, 0.15) is 6.20 Å². The van der Waals surface area contributed by atoms with Crippen molar-refractivity contribution in [1.29, 1.82) is 0 Å². The lowest BCUT2D eigenvalue weighted by atomic mass is 10.0. The standard InChI is InChI=1S/C11H17ClN4O2/c1-7(2)5-8(3)15(4)10-9(16(17)18)6-13-11(12)14-10/h6-8H,5H2,1-4H3. The van der Waals surface area contributed by atoms with Crippen LogP contribution in [-0.2, 0) is 0 Å². The third-order valence-corrected chi connectivity index (χ3v) is 2.91. The van der Waals surface area contributed by atoms with Gasteiger partial charge in [0.25, 0.3) is 0 Å². The number of nitro groups is 1. The first-order chi connectivity index (χ1) is 8.32. The van der Waals surface area contributed by atoms with Gasteiger partial charge in [0.2, 0.25) is 11.1 Å². The molecule has 0 amide bonds. The summed E-state index contributed by atoms with van der Waals surface area (Å²) < 4.78 is 0. The summed E-state index contributed by atoms with van der Waals surface area (Å²) in [4.78, 5) is 19.8. The highest BCUT2D eigenvalue weighted by molar-refractivity contribution is 6.28. The van der Waals surface area contributed by atoms with Gasteiger partial charge < -0.3 is 4.90 Å². The van der Waals surface area contributed by atoms with Crippen LogP contribution in [0, 0.1) is 16.0 Å². The Kier molecular flexibility index (Phi) is 4.84. The van der Waals surface area contributed by atoms with E-state index in [1.807, 2.05) is 6.92 Å². The van der Waals surface area contributed by atoms with E-state index in [0.29, 0.717) is 5.92 Å². The van der Waals surface area contributed by atoms with E-state index in [1.165, 1.54) is 0 Å². The smallest absolute Gasteiger partial charge is 0.329 e. The molecule has 0 saturated heterocycles. The van der Waals surface area contributed by atoms with Crippen molar-refractivity contribution in [3.05, 3.63) is 21.6 Å². The highest BCUT2D eigenvalue weighted by atomic mass is 35.5. The van der Waals surface area contributed by atoms with Gasteiger partial charge in [0.05, 0.1) is 4.92 Å². The summed E-state index contributed by atoms with van der Waals surface area (Å²) in [5, 5.41) is 11.0. The van der Waals surface area contributed by atoms with Gasteiger partial charge in [-0.05, 0) is 30.9 Å². The molecule has 0 fully saturated rings. The minimum absolute atomic E-state index is 0.0131. The summed E-state index contributed by atoms with van der Waals surface area (Å²) in [6, 6.07) is 0.134. The van der Waals surface area contributed by atoms with Crippen LogP contribution < -0.4 is 4.90 Å². The van der Waals surface area contributed by atoms with E-state index in [-0.39, 0.29) is 22.8 Å². The SMILES string of the molecule is CC(C)CC(C)N(C)c1nc(Cl)ncc1[N+](=O)[O-]. The third-order valence-electron chi connectivity index (χ3n) is 2.73. The molecule has 6 nitrogen and oxygen atoms in total. The Morgan fingerprint density at radius 2 is 2.11 bits per heavy atom. The van der Waals surface area contributed by atoms with Crippen LogP contribution in [0.3, 0.4) is 0 Å². The van der Waals surface area contributed by atoms with Crippen molar-refractivity contribution in [3.8, 4) is 0 Å². The van der Waals surface area contributed by atoms with Crippen LogP contribution >= 0.6 is 11.6 Å². The third kappa shape index (κ3) is 3.53. The molecule has 1 aromatic heterocycles. The predicted molar refractivity (Wildman–Crippen MR) is 71.0 cm³/mol. The number of hydrogen-bond acceptors (Lipinski definition) is 5. The quantitative estimate of drug-likeness (QED) is 0.468. The van der Waals surface area contributed by atoms with Crippen LogP contribution in [0.2, 0.25) is 5.28 Å². The number of halogens is 1. The van der Waals surface area contributed by atoms with E-state index < -0.39 is 4.92 Å². The second-order valence-corrected chi connectivity index (χ2v) is 5.03. The Bertz CT molecular complexity index is 439. The molecule has 7 heteroatoms. The molecule has 1 unspecified atom stereocenters. The summed E-state index contributed by atoms with van der Waals surface area (Å²) in [7, 11) is 1.78. The molecule has 1 rings (SSSR count). The Balaban J connectivity index is 3.06. The van der Waals surface area contributed by atoms with Gasteiger partial charge in [-0.15, -0.1) is 0 Å². The summed E-state index contributed by atoms with van der Waals surface area (Å²) in [5.74, 6) is 0.756. The van der Waals surface area contributed by atoms with Crippen molar-refractivity contribution in [2.24, 2.45) is 5.92 Å². The molecular weight excluding hydrogens is 256 g/mol. The molecule has 0 N–H and O–H groups in total. The number of nitrogens with zero attached hydrogens (tertiary/aromatic N) is 4. The van der Waals surface area contributed by atoms with Crippen LogP contribution in [0.15, 0.2) is 6.20 Å². The van der Waals surface area contributed by atoms with Crippen LogP contribution in [0.25, 0.3) is 0 Å². The highest BCUT2D eigenvalue weighted by Crippen LogP contribution is 2.27. The van der Waals surface area contributed by atoms with E-state index in [2.05, 4.69) is 23.8 Å². The predicted octanol–water partition coefficient (Wildman–Crippen LogP) is 2.91. The summed E-state index contributed by atoms with van der Waals surface area (Å²) >= 11 is 5.70. The molecule has 0 aromatic carbocycles. The van der Waals surface area contributed by atoms with Gasteiger partial charge in [0.15, 0.2) is 0 Å². The molecule has 1 heterocycles. The van der Waals surface area contributed by atoms with Crippen molar-refractivity contribution in [1.82, 2.24) is 9.97 Å². The van der Waals surface area contributed by atoms with Crippen molar-refractivity contribution < 1.29 is 4.92 Å². The van der Waals surface area contributed by atoms with E-state index in [0.717, 1.165) is 12.6 Å². The van der Waals surface area contributed by atoms with E-state index in [9.17, 15) is 10.1 Å². The number of aromatic nitrogens is 2. The van der Waals surface area contributed by atoms with Gasteiger partial charge in [-0.2, -0.15) is 4.98 Å². The van der Waals surface area contributed by atoms with Gasteiger partial charge in [-0.3, -0.25) is 10.1 Å². The normalized spacial score (nSPS) is 12.6. The molecule has 0 aliphatic rings. The highest BCUT2D eigenvalue weighted by Gasteiger charge is 2.23. The molecule has 0 aliphatic carbocycles. The lowest BCUT2D eigenvalue weighted by molar-refractivity contribution is -0.384. The Labute approximate surface area is 111 Å². The largest absolute Gasteiger partial charge is 0.351 e. The number of rotatable bonds is 5. The maximum absolute atomic E-state index is 10.9. The zero-order chi connectivity index (χ0) is 13.9. The molecule has 18 heavy (non-hydrogen) atoms. The van der Waals surface area contributed by atoms with E-state index in [1.54, 1.807) is 11.9 Å². The fraction of sp³-hybridized carbons (Fsp3) is 0.636. The lowest BCUT2D eigenvalue weighted by Crippen LogP contribution is -2.31. The molecule has 0 bridgehead atoms. The maximum atomic E-state index is 10.9. The minimum Gasteiger partial charge on any atom is -0.351 e. The molecule has 100 valence electrons.